The third-order valence-corrected chi connectivity index (χ3v) is 4.73. The number of rotatable bonds is 6. The van der Waals surface area contributed by atoms with Crippen LogP contribution >= 0.6 is 0 Å². The van der Waals surface area contributed by atoms with Gasteiger partial charge in [0.25, 0.3) is 5.91 Å². The Bertz CT molecular complexity index is 823. The second-order valence-electron chi connectivity index (χ2n) is 6.69. The first-order valence-electron chi connectivity index (χ1n) is 9.30. The van der Waals surface area contributed by atoms with E-state index in [1.165, 1.54) is 0 Å². The van der Waals surface area contributed by atoms with E-state index in [0.717, 1.165) is 48.7 Å². The number of nitrogens with one attached hydrogen (secondary N) is 1. The maximum atomic E-state index is 12.2. The van der Waals surface area contributed by atoms with Crippen LogP contribution in [-0.4, -0.2) is 48.9 Å². The maximum absolute atomic E-state index is 12.2. The lowest BCUT2D eigenvalue weighted by Crippen LogP contribution is -2.39. The van der Waals surface area contributed by atoms with Crippen LogP contribution < -0.4 is 5.32 Å². The lowest BCUT2D eigenvalue weighted by atomic mass is 10.0. The highest BCUT2D eigenvalue weighted by molar-refractivity contribution is 5.91. The fourth-order valence-electron chi connectivity index (χ4n) is 3.28. The number of hydrogen-bond acceptors (Lipinski definition) is 4. The molecule has 1 N–H and O–H groups in total. The van der Waals surface area contributed by atoms with Crippen LogP contribution in [0.2, 0.25) is 0 Å². The van der Waals surface area contributed by atoms with Crippen LogP contribution in [0.5, 0.6) is 0 Å². The molecule has 27 heavy (non-hydrogen) atoms. The first kappa shape index (κ1) is 18.9. The summed E-state index contributed by atoms with van der Waals surface area (Å²) in [6, 6.07) is 13.6. The van der Waals surface area contributed by atoms with E-state index in [-0.39, 0.29) is 31.4 Å². The van der Waals surface area contributed by atoms with Crippen molar-refractivity contribution in [1.29, 1.82) is 0 Å². The SMILES string of the molecule is O=C(Cc1cccc2ccccc12)NCC(=O)OCC(=O)N1CCCCC1. The zero-order chi connectivity index (χ0) is 19.1. The van der Waals surface area contributed by atoms with E-state index in [1.807, 2.05) is 42.5 Å². The molecule has 0 radical (unpaired) electrons. The molecule has 1 aliphatic rings. The van der Waals surface area contributed by atoms with E-state index in [1.54, 1.807) is 4.90 Å². The van der Waals surface area contributed by atoms with E-state index in [4.69, 9.17) is 4.74 Å². The summed E-state index contributed by atoms with van der Waals surface area (Å²) < 4.78 is 4.98. The number of piperidine rings is 1. The first-order valence-corrected chi connectivity index (χ1v) is 9.30. The lowest BCUT2D eigenvalue weighted by Gasteiger charge is -2.26. The Kier molecular flexibility index (Phi) is 6.41. The summed E-state index contributed by atoms with van der Waals surface area (Å²) in [6.45, 7) is 0.936. The molecule has 0 spiro atoms. The van der Waals surface area contributed by atoms with Gasteiger partial charge in [-0.05, 0) is 35.6 Å². The highest BCUT2D eigenvalue weighted by Crippen LogP contribution is 2.18. The van der Waals surface area contributed by atoms with Crippen molar-refractivity contribution in [1.82, 2.24) is 10.2 Å². The van der Waals surface area contributed by atoms with Crippen molar-refractivity contribution >= 4 is 28.6 Å². The Morgan fingerprint density at radius 3 is 2.52 bits per heavy atom. The van der Waals surface area contributed by atoms with Crippen molar-refractivity contribution in [3.05, 3.63) is 48.0 Å². The number of carbonyl (C=O) groups is 3. The molecule has 1 fully saturated rings. The van der Waals surface area contributed by atoms with Gasteiger partial charge in [0.2, 0.25) is 5.91 Å². The molecule has 3 rings (SSSR count). The van der Waals surface area contributed by atoms with Gasteiger partial charge in [0, 0.05) is 13.1 Å². The molecule has 1 saturated heterocycles. The van der Waals surface area contributed by atoms with Crippen molar-refractivity contribution in [2.75, 3.05) is 26.2 Å². The monoisotopic (exact) mass is 368 g/mol. The molecule has 0 saturated carbocycles. The number of hydrogen-bond donors (Lipinski definition) is 1. The lowest BCUT2D eigenvalue weighted by molar-refractivity contribution is -0.152. The topological polar surface area (TPSA) is 75.7 Å². The summed E-state index contributed by atoms with van der Waals surface area (Å²) in [6.07, 6.45) is 3.29. The molecule has 6 heteroatoms. The summed E-state index contributed by atoms with van der Waals surface area (Å²) in [5.74, 6) is -1.04. The van der Waals surface area contributed by atoms with Crippen molar-refractivity contribution < 1.29 is 19.1 Å². The van der Waals surface area contributed by atoms with Crippen LogP contribution in [0.1, 0.15) is 24.8 Å². The van der Waals surface area contributed by atoms with Gasteiger partial charge in [-0.2, -0.15) is 0 Å². The predicted molar refractivity (Wildman–Crippen MR) is 102 cm³/mol. The molecular formula is C21H24N2O4. The van der Waals surface area contributed by atoms with Crippen LogP contribution in [0.3, 0.4) is 0 Å². The van der Waals surface area contributed by atoms with E-state index < -0.39 is 5.97 Å². The van der Waals surface area contributed by atoms with Crippen LogP contribution in [-0.2, 0) is 25.5 Å². The summed E-state index contributed by atoms with van der Waals surface area (Å²) in [5, 5.41) is 4.65. The normalized spacial score (nSPS) is 14.0. The third-order valence-electron chi connectivity index (χ3n) is 4.73. The van der Waals surface area contributed by atoms with Crippen LogP contribution in [0, 0.1) is 0 Å². The minimum Gasteiger partial charge on any atom is -0.454 e. The average molecular weight is 368 g/mol. The van der Waals surface area contributed by atoms with E-state index in [2.05, 4.69) is 5.32 Å². The standard InChI is InChI=1S/C21H24N2O4/c24-19(13-17-9-6-8-16-7-2-3-10-18(16)17)22-14-21(26)27-15-20(25)23-11-4-1-5-12-23/h2-3,6-10H,1,4-5,11-15H2,(H,22,24). The molecule has 0 atom stereocenters. The number of carbonyl (C=O) groups excluding carboxylic acids is 3. The number of esters is 1. The molecule has 142 valence electrons. The number of ether oxygens (including phenoxy) is 1. The Morgan fingerprint density at radius 2 is 1.70 bits per heavy atom. The van der Waals surface area contributed by atoms with Gasteiger partial charge >= 0.3 is 5.97 Å². The van der Waals surface area contributed by atoms with Gasteiger partial charge in [-0.3, -0.25) is 14.4 Å². The highest BCUT2D eigenvalue weighted by atomic mass is 16.5. The molecule has 2 aromatic rings. The number of nitrogens with zero attached hydrogens (tertiary/aromatic N) is 1. The van der Waals surface area contributed by atoms with Gasteiger partial charge in [-0.1, -0.05) is 42.5 Å². The molecule has 1 heterocycles. The zero-order valence-electron chi connectivity index (χ0n) is 15.3. The van der Waals surface area contributed by atoms with Crippen LogP contribution in [0.15, 0.2) is 42.5 Å². The van der Waals surface area contributed by atoms with Crippen molar-refractivity contribution in [2.45, 2.75) is 25.7 Å². The Hall–Kier alpha value is -2.89. The summed E-state index contributed by atoms with van der Waals surface area (Å²) in [7, 11) is 0. The summed E-state index contributed by atoms with van der Waals surface area (Å²) in [5.41, 5.74) is 0.902. The van der Waals surface area contributed by atoms with E-state index in [9.17, 15) is 14.4 Å². The smallest absolute Gasteiger partial charge is 0.325 e. The predicted octanol–water partition coefficient (Wildman–Crippen LogP) is 2.05. The average Bonchev–Trinajstić information content (AvgIpc) is 2.71. The van der Waals surface area contributed by atoms with Gasteiger partial charge in [-0.25, -0.2) is 0 Å². The fraction of sp³-hybridized carbons (Fsp3) is 0.381. The number of benzene rings is 2. The van der Waals surface area contributed by atoms with Crippen LogP contribution in [0.25, 0.3) is 10.8 Å². The second-order valence-corrected chi connectivity index (χ2v) is 6.69. The first-order chi connectivity index (χ1) is 13.1. The molecule has 2 amide bonds. The molecular weight excluding hydrogens is 344 g/mol. The quantitative estimate of drug-likeness (QED) is 0.792. The van der Waals surface area contributed by atoms with Crippen LogP contribution in [0.4, 0.5) is 0 Å². The summed E-state index contributed by atoms with van der Waals surface area (Å²) in [4.78, 5) is 37.6. The molecule has 0 aliphatic carbocycles. The number of fused-ring (bicyclic) bond motifs is 1. The Morgan fingerprint density at radius 1 is 0.963 bits per heavy atom. The maximum Gasteiger partial charge on any atom is 0.325 e. The molecule has 6 nitrogen and oxygen atoms in total. The molecule has 1 aliphatic heterocycles. The number of likely N-dealkylation sites (tertiary alicyclic amines) is 1. The van der Waals surface area contributed by atoms with Gasteiger partial charge in [-0.15, -0.1) is 0 Å². The number of amides is 2. The second kappa shape index (κ2) is 9.16. The minimum absolute atomic E-state index is 0.176. The molecule has 0 bridgehead atoms. The summed E-state index contributed by atoms with van der Waals surface area (Å²) >= 11 is 0. The Balaban J connectivity index is 1.43. The minimum atomic E-state index is -0.605. The largest absolute Gasteiger partial charge is 0.454 e. The van der Waals surface area contributed by atoms with E-state index in [0.29, 0.717) is 0 Å². The third kappa shape index (κ3) is 5.29. The van der Waals surface area contributed by atoms with E-state index >= 15 is 0 Å². The molecule has 0 unspecified atom stereocenters. The van der Waals surface area contributed by atoms with Gasteiger partial charge in [0.15, 0.2) is 6.61 Å². The van der Waals surface area contributed by atoms with Gasteiger partial charge in [0.05, 0.1) is 6.42 Å². The van der Waals surface area contributed by atoms with Gasteiger partial charge in [0.1, 0.15) is 6.54 Å². The van der Waals surface area contributed by atoms with Crippen molar-refractivity contribution in [3.63, 3.8) is 0 Å². The fourth-order valence-corrected chi connectivity index (χ4v) is 3.28. The van der Waals surface area contributed by atoms with Crippen molar-refractivity contribution in [3.8, 4) is 0 Å². The molecule has 2 aromatic carbocycles. The zero-order valence-corrected chi connectivity index (χ0v) is 15.3. The van der Waals surface area contributed by atoms with Crippen molar-refractivity contribution in [2.24, 2.45) is 0 Å². The Labute approximate surface area is 158 Å². The molecule has 0 aromatic heterocycles. The van der Waals surface area contributed by atoms with Gasteiger partial charge < -0.3 is 15.0 Å². The highest BCUT2D eigenvalue weighted by Gasteiger charge is 2.18.